The summed E-state index contributed by atoms with van der Waals surface area (Å²) in [5.41, 5.74) is -0.639. The van der Waals surface area contributed by atoms with Crippen molar-refractivity contribution in [2.24, 2.45) is 5.92 Å². The smallest absolute Gasteiger partial charge is 0.407 e. The molecule has 0 aromatic heterocycles. The highest BCUT2D eigenvalue weighted by molar-refractivity contribution is 5.69. The van der Waals surface area contributed by atoms with E-state index < -0.39 is 36.4 Å². The zero-order valence-electron chi connectivity index (χ0n) is 10.8. The quantitative estimate of drug-likeness (QED) is 0.789. The van der Waals surface area contributed by atoms with Crippen LogP contribution in [0.25, 0.3) is 0 Å². The average Bonchev–Trinajstić information content (AvgIpc) is 2.57. The molecule has 1 saturated heterocycles. The van der Waals surface area contributed by atoms with Crippen LogP contribution in [0, 0.1) is 5.92 Å². The number of likely N-dealkylation sites (tertiary alicyclic amines) is 1. The molecule has 2 unspecified atom stereocenters. The Morgan fingerprint density at radius 2 is 2.06 bits per heavy atom. The van der Waals surface area contributed by atoms with Crippen LogP contribution in [-0.2, 0) is 4.74 Å². The Morgan fingerprint density at radius 3 is 2.50 bits per heavy atom. The van der Waals surface area contributed by atoms with Gasteiger partial charge in [-0.15, -0.1) is 0 Å². The molecule has 0 spiro atoms. The van der Waals surface area contributed by atoms with E-state index >= 15 is 0 Å². The Kier molecular flexibility index (Phi) is 4.37. The van der Waals surface area contributed by atoms with Crippen LogP contribution in [0.1, 0.15) is 20.8 Å². The second-order valence-corrected chi connectivity index (χ2v) is 5.35. The van der Waals surface area contributed by atoms with Gasteiger partial charge in [-0.05, 0) is 20.8 Å². The number of amides is 2. The molecular weight excluding hydrogens is 243 g/mol. The molecule has 7 heteroatoms. The first kappa shape index (κ1) is 14.5. The predicted octanol–water partition coefficient (Wildman–Crippen LogP) is 1.46. The monoisotopic (exact) mass is 262 g/mol. The van der Waals surface area contributed by atoms with Gasteiger partial charge >= 0.3 is 12.2 Å². The molecule has 2 N–H and O–H groups in total. The summed E-state index contributed by atoms with van der Waals surface area (Å²) in [5, 5.41) is 11.3. The van der Waals surface area contributed by atoms with Crippen LogP contribution >= 0.6 is 0 Å². The Morgan fingerprint density at radius 1 is 1.44 bits per heavy atom. The lowest BCUT2D eigenvalue weighted by Crippen LogP contribution is -2.44. The van der Waals surface area contributed by atoms with Crippen molar-refractivity contribution in [3.05, 3.63) is 0 Å². The highest BCUT2D eigenvalue weighted by Crippen LogP contribution is 2.18. The van der Waals surface area contributed by atoms with Gasteiger partial charge in [0.05, 0.1) is 12.7 Å². The fourth-order valence-electron chi connectivity index (χ4n) is 1.81. The van der Waals surface area contributed by atoms with Gasteiger partial charge in [0, 0.05) is 19.0 Å². The maximum atomic E-state index is 12.8. The van der Waals surface area contributed by atoms with Crippen LogP contribution in [-0.4, -0.2) is 53.6 Å². The number of carboxylic acid groups (broad SMARTS) is 1. The van der Waals surface area contributed by atoms with E-state index in [-0.39, 0.29) is 13.1 Å². The minimum atomic E-state index is -1.11. The number of carbonyl (C=O) groups is 2. The maximum Gasteiger partial charge on any atom is 0.407 e. The van der Waals surface area contributed by atoms with Gasteiger partial charge in [0.25, 0.3) is 0 Å². The number of halogens is 1. The summed E-state index contributed by atoms with van der Waals surface area (Å²) in [7, 11) is 0. The van der Waals surface area contributed by atoms with Gasteiger partial charge in [0.2, 0.25) is 0 Å². The number of nitrogens with zero attached hydrogens (tertiary/aromatic N) is 1. The van der Waals surface area contributed by atoms with Crippen molar-refractivity contribution in [1.29, 1.82) is 0 Å². The van der Waals surface area contributed by atoms with Crippen LogP contribution in [0.2, 0.25) is 0 Å². The lowest BCUT2D eigenvalue weighted by Gasteiger charge is -2.23. The maximum absolute atomic E-state index is 12.8. The van der Waals surface area contributed by atoms with Crippen molar-refractivity contribution in [3.63, 3.8) is 0 Å². The van der Waals surface area contributed by atoms with E-state index in [0.29, 0.717) is 0 Å². The molecule has 0 bridgehead atoms. The minimum Gasteiger partial charge on any atom is -0.465 e. The fourth-order valence-corrected chi connectivity index (χ4v) is 1.81. The van der Waals surface area contributed by atoms with Gasteiger partial charge in [-0.1, -0.05) is 0 Å². The molecule has 0 aromatic rings. The van der Waals surface area contributed by atoms with E-state index in [9.17, 15) is 14.0 Å². The molecule has 2 atom stereocenters. The van der Waals surface area contributed by atoms with E-state index in [1.165, 1.54) is 0 Å². The van der Waals surface area contributed by atoms with E-state index in [2.05, 4.69) is 5.32 Å². The van der Waals surface area contributed by atoms with Gasteiger partial charge in [0.15, 0.2) is 0 Å². The van der Waals surface area contributed by atoms with Gasteiger partial charge < -0.3 is 20.1 Å². The Balaban J connectivity index is 2.55. The number of alkyl carbamates (subject to hydrolysis) is 1. The second-order valence-electron chi connectivity index (χ2n) is 5.35. The number of hydrogen-bond donors (Lipinski definition) is 2. The van der Waals surface area contributed by atoms with E-state index in [1.54, 1.807) is 20.8 Å². The van der Waals surface area contributed by atoms with Crippen molar-refractivity contribution in [1.82, 2.24) is 10.2 Å². The van der Waals surface area contributed by atoms with Crippen molar-refractivity contribution in [3.8, 4) is 0 Å². The summed E-state index contributed by atoms with van der Waals surface area (Å²) < 4.78 is 17.8. The molecule has 104 valence electrons. The number of carbonyl (C=O) groups excluding carboxylic acids is 1. The van der Waals surface area contributed by atoms with Gasteiger partial charge in [0.1, 0.15) is 5.60 Å². The lowest BCUT2D eigenvalue weighted by molar-refractivity contribution is 0.0492. The van der Waals surface area contributed by atoms with E-state index in [1.807, 2.05) is 0 Å². The van der Waals surface area contributed by atoms with Gasteiger partial charge in [-0.25, -0.2) is 9.59 Å². The molecule has 1 rings (SSSR count). The molecule has 1 fully saturated rings. The van der Waals surface area contributed by atoms with Crippen LogP contribution in [0.3, 0.4) is 0 Å². The first-order valence-electron chi connectivity index (χ1n) is 5.76. The second kappa shape index (κ2) is 5.41. The Bertz CT molecular complexity index is 329. The average molecular weight is 262 g/mol. The van der Waals surface area contributed by atoms with Gasteiger partial charge in [-0.3, -0.25) is 4.39 Å². The topological polar surface area (TPSA) is 78.9 Å². The van der Waals surface area contributed by atoms with Crippen molar-refractivity contribution in [2.45, 2.75) is 32.4 Å². The zero-order chi connectivity index (χ0) is 13.9. The molecule has 6 nitrogen and oxygen atoms in total. The summed E-state index contributed by atoms with van der Waals surface area (Å²) in [5.74, 6) is -0.520. The van der Waals surface area contributed by atoms with Crippen molar-refractivity contribution < 1.29 is 23.8 Å². The summed E-state index contributed by atoms with van der Waals surface area (Å²) in [4.78, 5) is 23.4. The summed E-state index contributed by atoms with van der Waals surface area (Å²) in [6.45, 7) is 4.66. The summed E-state index contributed by atoms with van der Waals surface area (Å²) in [6.07, 6.45) is -1.76. The zero-order valence-corrected chi connectivity index (χ0v) is 10.8. The fraction of sp³-hybridized carbons (Fsp3) is 0.818. The first-order chi connectivity index (χ1) is 8.23. The number of rotatable bonds is 2. The normalized spacial score (nSPS) is 23.9. The molecule has 0 radical (unpaired) electrons. The summed E-state index contributed by atoms with van der Waals surface area (Å²) in [6, 6.07) is -0.541. The van der Waals surface area contributed by atoms with Crippen molar-refractivity contribution in [2.75, 3.05) is 19.8 Å². The number of nitrogens with one attached hydrogen (secondary N) is 1. The SMILES string of the molecule is CC(C)(C)OC(=O)NC1CN(C(=O)O)CC1CF. The molecule has 0 aliphatic carbocycles. The van der Waals surface area contributed by atoms with Gasteiger partial charge in [-0.2, -0.15) is 0 Å². The molecular formula is C11H19FN2O4. The first-order valence-corrected chi connectivity index (χ1v) is 5.76. The van der Waals surface area contributed by atoms with Crippen LogP contribution < -0.4 is 5.32 Å². The predicted molar refractivity (Wildman–Crippen MR) is 62.2 cm³/mol. The largest absolute Gasteiger partial charge is 0.465 e. The van der Waals surface area contributed by atoms with E-state index in [4.69, 9.17) is 9.84 Å². The summed E-state index contributed by atoms with van der Waals surface area (Å²) >= 11 is 0. The standard InChI is InChI=1S/C11H19FN2O4/c1-11(2,3)18-9(15)13-8-6-14(10(16)17)5-7(8)4-12/h7-8H,4-6H2,1-3H3,(H,13,15)(H,16,17). The van der Waals surface area contributed by atoms with Crippen LogP contribution in [0.4, 0.5) is 14.0 Å². The number of alkyl halides is 1. The Labute approximate surface area is 105 Å². The third-order valence-electron chi connectivity index (χ3n) is 2.61. The highest BCUT2D eigenvalue weighted by atomic mass is 19.1. The van der Waals surface area contributed by atoms with E-state index in [0.717, 1.165) is 4.90 Å². The number of hydrogen-bond acceptors (Lipinski definition) is 3. The molecule has 18 heavy (non-hydrogen) atoms. The van der Waals surface area contributed by atoms with Crippen molar-refractivity contribution >= 4 is 12.2 Å². The van der Waals surface area contributed by atoms with Crippen LogP contribution in [0.15, 0.2) is 0 Å². The lowest BCUT2D eigenvalue weighted by atomic mass is 10.1. The minimum absolute atomic E-state index is 0.0865. The third kappa shape index (κ3) is 4.05. The molecule has 1 aliphatic heterocycles. The Hall–Kier alpha value is -1.53. The molecule has 2 amide bonds. The van der Waals surface area contributed by atoms with Crippen LogP contribution in [0.5, 0.6) is 0 Å². The molecule has 0 aromatic carbocycles. The molecule has 1 aliphatic rings. The number of ether oxygens (including phenoxy) is 1. The third-order valence-corrected chi connectivity index (χ3v) is 2.61. The molecule has 0 saturated carbocycles. The highest BCUT2D eigenvalue weighted by Gasteiger charge is 2.36. The molecule has 1 heterocycles.